The number of rotatable bonds is 8. The molecule has 0 atom stereocenters. The molecule has 0 radical (unpaired) electrons. The monoisotopic (exact) mass is 502 g/mol. The maximum absolute atomic E-state index is 12.1. The highest BCUT2D eigenvalue weighted by Gasteiger charge is 2.22. The summed E-state index contributed by atoms with van der Waals surface area (Å²) >= 11 is 25.0. The second-order valence-electron chi connectivity index (χ2n) is 4.53. The molecule has 0 aliphatic carbocycles. The molecule has 0 aliphatic rings. The summed E-state index contributed by atoms with van der Waals surface area (Å²) in [5.74, 6) is 0. The standard InChI is InChI=1S/C11H10Cl4N2O4S4/c12-8-4-6(10(14)22-8)24(18,19)16-2-1-3-17-25(20,21)7-5-9(13)23-11(7)15/h4-5,16-17H,1-3H2. The average Bonchev–Trinajstić information content (AvgIpc) is 3.00. The summed E-state index contributed by atoms with van der Waals surface area (Å²) in [5, 5.41) is 0. The van der Waals surface area contributed by atoms with Crippen molar-refractivity contribution in [3.63, 3.8) is 0 Å². The normalized spacial score (nSPS) is 12.6. The van der Waals surface area contributed by atoms with Gasteiger partial charge < -0.3 is 0 Å². The maximum Gasteiger partial charge on any atom is 0.242 e. The van der Waals surface area contributed by atoms with Gasteiger partial charge in [0.25, 0.3) is 0 Å². The van der Waals surface area contributed by atoms with Gasteiger partial charge in [0, 0.05) is 13.1 Å². The van der Waals surface area contributed by atoms with E-state index in [1.54, 1.807) is 0 Å². The number of hydrogen-bond acceptors (Lipinski definition) is 6. The first-order chi connectivity index (χ1) is 11.5. The molecule has 0 unspecified atom stereocenters. The predicted molar refractivity (Wildman–Crippen MR) is 104 cm³/mol. The van der Waals surface area contributed by atoms with E-state index in [9.17, 15) is 16.8 Å². The minimum absolute atomic E-state index is 0.00672. The van der Waals surface area contributed by atoms with Gasteiger partial charge in [-0.3, -0.25) is 0 Å². The van der Waals surface area contributed by atoms with E-state index >= 15 is 0 Å². The van der Waals surface area contributed by atoms with Crippen molar-refractivity contribution in [3.8, 4) is 0 Å². The molecule has 0 saturated heterocycles. The van der Waals surface area contributed by atoms with Crippen LogP contribution >= 0.6 is 69.1 Å². The van der Waals surface area contributed by atoms with Gasteiger partial charge in [-0.25, -0.2) is 26.3 Å². The van der Waals surface area contributed by atoms with Crippen LogP contribution in [0.15, 0.2) is 21.9 Å². The summed E-state index contributed by atoms with van der Waals surface area (Å²) in [6, 6.07) is 2.50. The van der Waals surface area contributed by atoms with E-state index in [0.717, 1.165) is 22.7 Å². The van der Waals surface area contributed by atoms with E-state index in [1.807, 2.05) is 0 Å². The van der Waals surface area contributed by atoms with Crippen molar-refractivity contribution >= 4 is 89.1 Å². The molecule has 2 rings (SSSR count). The van der Waals surface area contributed by atoms with Crippen LogP contribution < -0.4 is 9.44 Å². The molecule has 0 fully saturated rings. The smallest absolute Gasteiger partial charge is 0.211 e. The summed E-state index contributed by atoms with van der Waals surface area (Å²) in [6.45, 7) is 0.0134. The molecule has 0 saturated carbocycles. The van der Waals surface area contributed by atoms with Gasteiger partial charge in [-0.15, -0.1) is 22.7 Å². The van der Waals surface area contributed by atoms with Gasteiger partial charge in [0.1, 0.15) is 18.5 Å². The lowest BCUT2D eigenvalue weighted by Crippen LogP contribution is -2.30. The second kappa shape index (κ2) is 8.59. The van der Waals surface area contributed by atoms with Crippen LogP contribution in [-0.4, -0.2) is 29.9 Å². The quantitative estimate of drug-likeness (QED) is 0.531. The molecule has 14 heteroatoms. The van der Waals surface area contributed by atoms with Crippen LogP contribution in [0.25, 0.3) is 0 Å². The lowest BCUT2D eigenvalue weighted by molar-refractivity contribution is 0.573. The molecule has 140 valence electrons. The molecule has 0 bridgehead atoms. The fraction of sp³-hybridized carbons (Fsp3) is 0.273. The van der Waals surface area contributed by atoms with Crippen LogP contribution in [0.5, 0.6) is 0 Å². The molecule has 2 aromatic heterocycles. The molecule has 2 aromatic rings. The largest absolute Gasteiger partial charge is 0.242 e. The molecule has 2 N–H and O–H groups in total. The van der Waals surface area contributed by atoms with Crippen LogP contribution in [-0.2, 0) is 20.0 Å². The SMILES string of the molecule is O=S(=O)(NCCCNS(=O)(=O)c1cc(Cl)sc1Cl)c1cc(Cl)sc1Cl. The number of sulfonamides is 2. The molecule has 0 spiro atoms. The Balaban J connectivity index is 1.87. The van der Waals surface area contributed by atoms with E-state index in [4.69, 9.17) is 46.4 Å². The van der Waals surface area contributed by atoms with Crippen LogP contribution in [0.4, 0.5) is 0 Å². The first kappa shape index (κ1) is 21.7. The summed E-state index contributed by atoms with van der Waals surface area (Å²) in [5.41, 5.74) is 0. The Morgan fingerprint density at radius 1 is 0.760 bits per heavy atom. The van der Waals surface area contributed by atoms with Crippen molar-refractivity contribution in [1.29, 1.82) is 0 Å². The summed E-state index contributed by atoms with van der Waals surface area (Å²) in [7, 11) is -7.62. The average molecular weight is 504 g/mol. The van der Waals surface area contributed by atoms with E-state index in [0.29, 0.717) is 0 Å². The Morgan fingerprint density at radius 3 is 1.40 bits per heavy atom. The number of hydrogen-bond donors (Lipinski definition) is 2. The van der Waals surface area contributed by atoms with Crippen molar-refractivity contribution in [2.45, 2.75) is 16.2 Å². The van der Waals surface area contributed by atoms with E-state index in [-0.39, 0.29) is 46.6 Å². The summed E-state index contributed by atoms with van der Waals surface area (Å²) in [6.07, 6.45) is 0.212. The van der Waals surface area contributed by atoms with Crippen molar-refractivity contribution in [2.75, 3.05) is 13.1 Å². The third-order valence-electron chi connectivity index (χ3n) is 2.77. The minimum Gasteiger partial charge on any atom is -0.211 e. The maximum atomic E-state index is 12.1. The minimum atomic E-state index is -3.81. The summed E-state index contributed by atoms with van der Waals surface area (Å²) in [4.78, 5) is -0.214. The van der Waals surface area contributed by atoms with Crippen molar-refractivity contribution in [3.05, 3.63) is 29.5 Å². The van der Waals surface area contributed by atoms with Gasteiger partial charge in [-0.05, 0) is 18.6 Å². The molecule has 25 heavy (non-hydrogen) atoms. The number of nitrogens with one attached hydrogen (secondary N) is 2. The van der Waals surface area contributed by atoms with E-state index in [1.165, 1.54) is 12.1 Å². The van der Waals surface area contributed by atoms with Crippen LogP contribution in [0.2, 0.25) is 17.3 Å². The highest BCUT2D eigenvalue weighted by atomic mass is 35.5. The highest BCUT2D eigenvalue weighted by Crippen LogP contribution is 2.34. The Morgan fingerprint density at radius 2 is 1.12 bits per heavy atom. The zero-order valence-electron chi connectivity index (χ0n) is 12.1. The Bertz CT molecular complexity index is 890. The molecular weight excluding hydrogens is 494 g/mol. The van der Waals surface area contributed by atoms with Gasteiger partial charge in [0.05, 0.1) is 8.67 Å². The first-order valence-corrected chi connectivity index (χ1v) is 12.5. The third-order valence-corrected chi connectivity index (χ3v) is 9.20. The van der Waals surface area contributed by atoms with Crippen LogP contribution in [0, 0.1) is 0 Å². The molecule has 6 nitrogen and oxygen atoms in total. The van der Waals surface area contributed by atoms with Gasteiger partial charge in [-0.2, -0.15) is 0 Å². The topological polar surface area (TPSA) is 92.3 Å². The lowest BCUT2D eigenvalue weighted by Gasteiger charge is -2.07. The van der Waals surface area contributed by atoms with Gasteiger partial charge in [0.15, 0.2) is 0 Å². The van der Waals surface area contributed by atoms with Gasteiger partial charge in [0.2, 0.25) is 20.0 Å². The number of thiophene rings is 2. The second-order valence-corrected chi connectivity index (χ2v) is 12.6. The molecule has 0 aromatic carbocycles. The van der Waals surface area contributed by atoms with E-state index < -0.39 is 20.0 Å². The lowest BCUT2D eigenvalue weighted by atomic mass is 10.4. The predicted octanol–water partition coefficient (Wildman–Crippen LogP) is 4.07. The van der Waals surface area contributed by atoms with Crippen LogP contribution in [0.3, 0.4) is 0 Å². The van der Waals surface area contributed by atoms with Gasteiger partial charge in [-0.1, -0.05) is 46.4 Å². The Labute approximate surface area is 173 Å². The van der Waals surface area contributed by atoms with Crippen molar-refractivity contribution in [2.24, 2.45) is 0 Å². The van der Waals surface area contributed by atoms with Crippen molar-refractivity contribution < 1.29 is 16.8 Å². The number of halogens is 4. The fourth-order valence-electron chi connectivity index (χ4n) is 1.67. The third kappa shape index (κ3) is 5.68. The van der Waals surface area contributed by atoms with Crippen molar-refractivity contribution in [1.82, 2.24) is 9.44 Å². The summed E-state index contributed by atoms with van der Waals surface area (Å²) < 4.78 is 53.6. The van der Waals surface area contributed by atoms with Crippen LogP contribution in [0.1, 0.15) is 6.42 Å². The zero-order chi connectivity index (χ0) is 18.8. The van der Waals surface area contributed by atoms with E-state index in [2.05, 4.69) is 9.44 Å². The molecular formula is C11H10Cl4N2O4S4. The molecule has 0 amide bonds. The Kier molecular flexibility index (Phi) is 7.45. The molecule has 0 aliphatic heterocycles. The Hall–Kier alpha value is 0.380. The molecule has 2 heterocycles. The zero-order valence-corrected chi connectivity index (χ0v) is 18.3. The van der Waals surface area contributed by atoms with Gasteiger partial charge >= 0.3 is 0 Å². The highest BCUT2D eigenvalue weighted by molar-refractivity contribution is 7.90. The first-order valence-electron chi connectivity index (χ1n) is 6.42. The fourth-order valence-corrected chi connectivity index (χ4v) is 8.12.